The maximum absolute atomic E-state index is 5.43. The van der Waals surface area contributed by atoms with Gasteiger partial charge in [0.15, 0.2) is 0 Å². The van der Waals surface area contributed by atoms with Crippen molar-refractivity contribution in [2.75, 3.05) is 27.2 Å². The molecule has 3 nitrogen and oxygen atoms in total. The fraction of sp³-hybridized carbons (Fsp3) is 0.529. The highest BCUT2D eigenvalue weighted by molar-refractivity contribution is 5.48. The van der Waals surface area contributed by atoms with Crippen LogP contribution in [0.2, 0.25) is 0 Å². The Bertz CT molecular complexity index is 474. The molecule has 0 aliphatic rings. The lowest BCUT2D eigenvalue weighted by atomic mass is 10.1. The highest BCUT2D eigenvalue weighted by Gasteiger charge is 2.07. The van der Waals surface area contributed by atoms with Crippen LogP contribution in [-0.2, 0) is 6.54 Å². The molecule has 1 aromatic rings. The predicted molar refractivity (Wildman–Crippen MR) is 84.7 cm³/mol. The van der Waals surface area contributed by atoms with Crippen molar-refractivity contribution >= 4 is 0 Å². The Hall–Kier alpha value is -1.50. The molecule has 0 heterocycles. The third-order valence-electron chi connectivity index (χ3n) is 3.36. The fourth-order valence-corrected chi connectivity index (χ4v) is 2.13. The molecule has 110 valence electrons. The summed E-state index contributed by atoms with van der Waals surface area (Å²) in [6.07, 6.45) is 1.21. The van der Waals surface area contributed by atoms with E-state index >= 15 is 0 Å². The van der Waals surface area contributed by atoms with Gasteiger partial charge in [0.05, 0.1) is 19.2 Å². The van der Waals surface area contributed by atoms with Crippen molar-refractivity contribution in [3.05, 3.63) is 29.3 Å². The molecule has 0 amide bonds. The summed E-state index contributed by atoms with van der Waals surface area (Å²) in [7, 11) is 3.82. The summed E-state index contributed by atoms with van der Waals surface area (Å²) in [4.78, 5) is 2.34. The van der Waals surface area contributed by atoms with Crippen molar-refractivity contribution in [1.82, 2.24) is 4.90 Å². The molecule has 3 heteroatoms. The molecule has 2 N–H and O–H groups in total. The zero-order chi connectivity index (χ0) is 15.0. The summed E-state index contributed by atoms with van der Waals surface area (Å²) < 4.78 is 5.33. The smallest absolute Gasteiger partial charge is 0.134 e. The van der Waals surface area contributed by atoms with Crippen LogP contribution in [0.3, 0.4) is 0 Å². The van der Waals surface area contributed by atoms with Gasteiger partial charge in [-0.2, -0.15) is 0 Å². The van der Waals surface area contributed by atoms with Crippen LogP contribution in [0, 0.1) is 17.8 Å². The van der Waals surface area contributed by atoms with Crippen LogP contribution in [-0.4, -0.2) is 32.1 Å². The van der Waals surface area contributed by atoms with E-state index in [-0.39, 0.29) is 0 Å². The summed E-state index contributed by atoms with van der Waals surface area (Å²) in [5.74, 6) is 7.48. The lowest BCUT2D eigenvalue weighted by molar-refractivity contribution is 0.275. The lowest BCUT2D eigenvalue weighted by Gasteiger charge is -2.20. The van der Waals surface area contributed by atoms with Crippen molar-refractivity contribution in [2.45, 2.75) is 26.8 Å². The molecule has 0 aromatic heterocycles. The van der Waals surface area contributed by atoms with Gasteiger partial charge in [0, 0.05) is 13.1 Å². The van der Waals surface area contributed by atoms with Gasteiger partial charge in [-0.3, -0.25) is 0 Å². The van der Waals surface area contributed by atoms with E-state index < -0.39 is 0 Å². The van der Waals surface area contributed by atoms with Crippen molar-refractivity contribution in [3.63, 3.8) is 0 Å². The Balaban J connectivity index is 2.81. The Morgan fingerprint density at radius 3 is 2.75 bits per heavy atom. The first-order valence-corrected chi connectivity index (χ1v) is 7.15. The van der Waals surface area contributed by atoms with Gasteiger partial charge in [-0.1, -0.05) is 38.2 Å². The minimum atomic E-state index is 0.362. The Kier molecular flexibility index (Phi) is 7.14. The molecule has 20 heavy (non-hydrogen) atoms. The van der Waals surface area contributed by atoms with Gasteiger partial charge in [-0.05, 0) is 30.7 Å². The average Bonchev–Trinajstić information content (AvgIpc) is 2.44. The molecule has 0 bridgehead atoms. The lowest BCUT2D eigenvalue weighted by Crippen LogP contribution is -2.23. The molecular weight excluding hydrogens is 248 g/mol. The van der Waals surface area contributed by atoms with Gasteiger partial charge >= 0.3 is 0 Å². The second kappa shape index (κ2) is 8.63. The topological polar surface area (TPSA) is 38.5 Å². The van der Waals surface area contributed by atoms with E-state index in [1.807, 2.05) is 6.07 Å². The predicted octanol–water partition coefficient (Wildman–Crippen LogP) is 2.48. The maximum atomic E-state index is 5.43. The third kappa shape index (κ3) is 5.24. The van der Waals surface area contributed by atoms with Crippen LogP contribution in [0.25, 0.3) is 0 Å². The van der Waals surface area contributed by atoms with Gasteiger partial charge in [0.25, 0.3) is 0 Å². The summed E-state index contributed by atoms with van der Waals surface area (Å²) in [5.41, 5.74) is 7.59. The standard InChI is InChI=1S/C17H26N2O/c1-5-14(2)12-19(3)13-15-8-9-17(20-4)16(11-15)7-6-10-18/h8-9,11,14H,5,10,12-13,18H2,1-4H3. The average molecular weight is 274 g/mol. The van der Waals surface area contributed by atoms with Gasteiger partial charge < -0.3 is 15.4 Å². The molecule has 0 aliphatic carbocycles. The van der Waals surface area contributed by atoms with Gasteiger partial charge in [0.2, 0.25) is 0 Å². The van der Waals surface area contributed by atoms with Crippen LogP contribution in [0.5, 0.6) is 5.75 Å². The molecule has 0 saturated heterocycles. The zero-order valence-electron chi connectivity index (χ0n) is 13.1. The molecular formula is C17H26N2O. The van der Waals surface area contributed by atoms with Gasteiger partial charge in [-0.25, -0.2) is 0 Å². The Labute approximate surface area is 123 Å². The molecule has 0 fully saturated rings. The van der Waals surface area contributed by atoms with Crippen LogP contribution in [0.4, 0.5) is 0 Å². The summed E-state index contributed by atoms with van der Waals surface area (Å²) in [6, 6.07) is 6.17. The highest BCUT2D eigenvalue weighted by Crippen LogP contribution is 2.20. The number of hydrogen-bond donors (Lipinski definition) is 1. The van der Waals surface area contributed by atoms with Gasteiger partial charge in [0.1, 0.15) is 5.75 Å². The van der Waals surface area contributed by atoms with E-state index in [0.717, 1.165) is 30.3 Å². The number of nitrogens with two attached hydrogens (primary N) is 1. The van der Waals surface area contributed by atoms with Crippen LogP contribution in [0.1, 0.15) is 31.4 Å². The number of methoxy groups -OCH3 is 1. The molecule has 0 aliphatic heterocycles. The summed E-state index contributed by atoms with van der Waals surface area (Å²) in [6.45, 7) is 6.90. The van der Waals surface area contributed by atoms with Crippen molar-refractivity contribution in [2.24, 2.45) is 11.7 Å². The first-order valence-electron chi connectivity index (χ1n) is 7.15. The molecule has 0 spiro atoms. The number of nitrogens with zero attached hydrogens (tertiary/aromatic N) is 1. The monoisotopic (exact) mass is 274 g/mol. The van der Waals surface area contributed by atoms with Crippen molar-refractivity contribution < 1.29 is 4.74 Å². The third-order valence-corrected chi connectivity index (χ3v) is 3.36. The zero-order valence-corrected chi connectivity index (χ0v) is 13.1. The number of ether oxygens (including phenoxy) is 1. The SMILES string of the molecule is CCC(C)CN(C)Cc1ccc(OC)c(C#CCN)c1. The van der Waals surface area contributed by atoms with E-state index in [0.29, 0.717) is 6.54 Å². The molecule has 1 aromatic carbocycles. The Morgan fingerprint density at radius 1 is 1.40 bits per heavy atom. The minimum Gasteiger partial charge on any atom is -0.495 e. The second-order valence-corrected chi connectivity index (χ2v) is 5.25. The summed E-state index contributed by atoms with van der Waals surface area (Å²) >= 11 is 0. The quantitative estimate of drug-likeness (QED) is 0.810. The number of hydrogen-bond acceptors (Lipinski definition) is 3. The van der Waals surface area contributed by atoms with E-state index in [9.17, 15) is 0 Å². The highest BCUT2D eigenvalue weighted by atomic mass is 16.5. The van der Waals surface area contributed by atoms with E-state index in [4.69, 9.17) is 10.5 Å². The van der Waals surface area contributed by atoms with E-state index in [1.54, 1.807) is 7.11 Å². The molecule has 1 atom stereocenters. The number of rotatable bonds is 6. The Morgan fingerprint density at radius 2 is 2.15 bits per heavy atom. The van der Waals surface area contributed by atoms with Crippen LogP contribution < -0.4 is 10.5 Å². The normalized spacial score (nSPS) is 11.9. The van der Waals surface area contributed by atoms with Crippen molar-refractivity contribution in [1.29, 1.82) is 0 Å². The first kappa shape index (κ1) is 16.6. The molecule has 1 unspecified atom stereocenters. The maximum Gasteiger partial charge on any atom is 0.134 e. The number of benzene rings is 1. The fourth-order valence-electron chi connectivity index (χ4n) is 2.13. The second-order valence-electron chi connectivity index (χ2n) is 5.25. The first-order chi connectivity index (χ1) is 9.60. The molecule has 0 radical (unpaired) electrons. The van der Waals surface area contributed by atoms with Gasteiger partial charge in [-0.15, -0.1) is 0 Å². The minimum absolute atomic E-state index is 0.362. The molecule has 1 rings (SSSR count). The molecule has 0 saturated carbocycles. The largest absolute Gasteiger partial charge is 0.495 e. The summed E-state index contributed by atoms with van der Waals surface area (Å²) in [5, 5.41) is 0. The van der Waals surface area contributed by atoms with Crippen LogP contribution in [0.15, 0.2) is 18.2 Å². The van der Waals surface area contributed by atoms with E-state index in [1.165, 1.54) is 12.0 Å². The van der Waals surface area contributed by atoms with Crippen molar-refractivity contribution in [3.8, 4) is 17.6 Å². The van der Waals surface area contributed by atoms with E-state index in [2.05, 4.69) is 49.8 Å². The van der Waals surface area contributed by atoms with Crippen LogP contribution >= 0.6 is 0 Å².